The minimum absolute atomic E-state index is 0.195. The van der Waals surface area contributed by atoms with Crippen molar-refractivity contribution < 1.29 is 13.9 Å². The van der Waals surface area contributed by atoms with Crippen LogP contribution in [0.25, 0.3) is 0 Å². The summed E-state index contributed by atoms with van der Waals surface area (Å²) < 4.78 is 24.6. The molecule has 2 rings (SSSR count). The monoisotopic (exact) mass is 275 g/mol. The van der Waals surface area contributed by atoms with E-state index in [4.69, 9.17) is 15.2 Å². The van der Waals surface area contributed by atoms with Gasteiger partial charge < -0.3 is 15.2 Å². The maximum Gasteiger partial charge on any atom is 0.167 e. The maximum atomic E-state index is 13.8. The quantitative estimate of drug-likeness (QED) is 0.867. The van der Waals surface area contributed by atoms with Gasteiger partial charge >= 0.3 is 0 Å². The summed E-state index contributed by atoms with van der Waals surface area (Å²) in [6.45, 7) is 4.04. The predicted octanol–water partition coefficient (Wildman–Crippen LogP) is 3.61. The summed E-state index contributed by atoms with van der Waals surface area (Å²) in [6.07, 6.45) is 0. The molecule has 2 N–H and O–H groups in total. The second-order valence-electron chi connectivity index (χ2n) is 4.74. The Kier molecular flexibility index (Phi) is 4.13. The summed E-state index contributed by atoms with van der Waals surface area (Å²) in [5.41, 5.74) is 8.83. The first-order valence-corrected chi connectivity index (χ1v) is 6.33. The van der Waals surface area contributed by atoms with Crippen LogP contribution < -0.4 is 15.2 Å². The molecule has 2 aromatic carbocycles. The van der Waals surface area contributed by atoms with Crippen LogP contribution in [0.3, 0.4) is 0 Å². The smallest absolute Gasteiger partial charge is 0.167 e. The van der Waals surface area contributed by atoms with Gasteiger partial charge in [-0.15, -0.1) is 0 Å². The Bertz CT molecular complexity index is 626. The van der Waals surface area contributed by atoms with Crippen molar-refractivity contribution in [3.05, 3.63) is 52.8 Å². The van der Waals surface area contributed by atoms with E-state index in [0.29, 0.717) is 5.69 Å². The minimum atomic E-state index is -0.459. The van der Waals surface area contributed by atoms with Gasteiger partial charge in [0.1, 0.15) is 12.4 Å². The lowest BCUT2D eigenvalue weighted by molar-refractivity contribution is 0.282. The molecule has 3 nitrogen and oxygen atoms in total. The van der Waals surface area contributed by atoms with Crippen molar-refractivity contribution in [2.75, 3.05) is 12.8 Å². The Labute approximate surface area is 118 Å². The van der Waals surface area contributed by atoms with Gasteiger partial charge in [-0.2, -0.15) is 0 Å². The van der Waals surface area contributed by atoms with Gasteiger partial charge in [0.15, 0.2) is 11.6 Å². The fraction of sp³-hybridized carbons (Fsp3) is 0.250. The van der Waals surface area contributed by atoms with Crippen molar-refractivity contribution in [2.45, 2.75) is 20.5 Å². The number of hydrogen-bond acceptors (Lipinski definition) is 3. The number of nitrogen functional groups attached to an aromatic ring is 1. The van der Waals surface area contributed by atoms with Crippen LogP contribution in [-0.2, 0) is 6.61 Å². The highest BCUT2D eigenvalue weighted by Crippen LogP contribution is 2.26. The number of benzene rings is 2. The molecule has 106 valence electrons. The topological polar surface area (TPSA) is 44.5 Å². The van der Waals surface area contributed by atoms with Crippen LogP contribution in [0.4, 0.5) is 10.1 Å². The van der Waals surface area contributed by atoms with Crippen LogP contribution in [0.15, 0.2) is 30.3 Å². The molecule has 2 aromatic rings. The zero-order valence-corrected chi connectivity index (χ0v) is 11.9. The van der Waals surface area contributed by atoms with E-state index in [-0.39, 0.29) is 12.4 Å². The van der Waals surface area contributed by atoms with E-state index in [1.54, 1.807) is 13.2 Å². The molecule has 0 unspecified atom stereocenters. The van der Waals surface area contributed by atoms with E-state index in [0.717, 1.165) is 22.4 Å². The number of methoxy groups -OCH3 is 1. The Hall–Kier alpha value is -2.23. The number of nitrogens with two attached hydrogens (primary N) is 1. The molecule has 4 heteroatoms. The molecule has 20 heavy (non-hydrogen) atoms. The highest BCUT2D eigenvalue weighted by molar-refractivity contribution is 5.50. The third-order valence-electron chi connectivity index (χ3n) is 3.14. The van der Waals surface area contributed by atoms with Crippen LogP contribution in [-0.4, -0.2) is 7.11 Å². The summed E-state index contributed by atoms with van der Waals surface area (Å²) >= 11 is 0. The molecule has 0 radical (unpaired) electrons. The molecule has 0 bridgehead atoms. The van der Waals surface area contributed by atoms with Crippen LogP contribution in [0.1, 0.15) is 16.7 Å². The minimum Gasteiger partial charge on any atom is -0.496 e. The van der Waals surface area contributed by atoms with Gasteiger partial charge in [0.2, 0.25) is 0 Å². The van der Waals surface area contributed by atoms with Crippen molar-refractivity contribution in [3.63, 3.8) is 0 Å². The number of ether oxygens (including phenoxy) is 2. The van der Waals surface area contributed by atoms with Crippen LogP contribution in [0, 0.1) is 19.7 Å². The summed E-state index contributed by atoms with van der Waals surface area (Å²) in [6, 6.07) is 8.67. The Morgan fingerprint density at radius 2 is 1.85 bits per heavy atom. The van der Waals surface area contributed by atoms with Crippen molar-refractivity contribution in [1.29, 1.82) is 0 Å². The standard InChI is InChI=1S/C16H18FNO2/c1-10-4-5-15(19-3)12(6-10)9-20-16-7-11(2)14(18)8-13(16)17/h4-8H,9,18H2,1-3H3. The summed E-state index contributed by atoms with van der Waals surface area (Å²) in [5, 5.41) is 0. The lowest BCUT2D eigenvalue weighted by atomic mass is 10.1. The van der Waals surface area contributed by atoms with E-state index >= 15 is 0 Å². The first-order chi connectivity index (χ1) is 9.51. The van der Waals surface area contributed by atoms with Gasteiger partial charge in [-0.3, -0.25) is 0 Å². The maximum absolute atomic E-state index is 13.8. The highest BCUT2D eigenvalue weighted by atomic mass is 19.1. The molecule has 0 saturated heterocycles. The number of anilines is 1. The van der Waals surface area contributed by atoms with Gasteiger partial charge in [-0.25, -0.2) is 4.39 Å². The Balaban J connectivity index is 2.21. The van der Waals surface area contributed by atoms with Gasteiger partial charge in [-0.05, 0) is 37.6 Å². The molecule has 0 amide bonds. The van der Waals surface area contributed by atoms with Gasteiger partial charge in [-0.1, -0.05) is 11.6 Å². The molecule has 0 saturated carbocycles. The third kappa shape index (κ3) is 3.02. The molecule has 0 heterocycles. The summed E-state index contributed by atoms with van der Waals surface area (Å²) in [4.78, 5) is 0. The number of hydrogen-bond donors (Lipinski definition) is 1. The van der Waals surface area contributed by atoms with Crippen molar-refractivity contribution >= 4 is 5.69 Å². The molecular weight excluding hydrogens is 257 g/mol. The van der Waals surface area contributed by atoms with Crippen LogP contribution >= 0.6 is 0 Å². The molecule has 0 aliphatic rings. The van der Waals surface area contributed by atoms with Gasteiger partial charge in [0.25, 0.3) is 0 Å². The molecule has 0 atom stereocenters. The zero-order valence-electron chi connectivity index (χ0n) is 11.9. The zero-order chi connectivity index (χ0) is 14.7. The third-order valence-corrected chi connectivity index (χ3v) is 3.14. The number of rotatable bonds is 4. The molecular formula is C16H18FNO2. The van der Waals surface area contributed by atoms with Gasteiger partial charge in [0.05, 0.1) is 7.11 Å². The van der Waals surface area contributed by atoms with E-state index in [1.165, 1.54) is 6.07 Å². The largest absolute Gasteiger partial charge is 0.496 e. The lowest BCUT2D eigenvalue weighted by Gasteiger charge is -2.12. The fourth-order valence-electron chi connectivity index (χ4n) is 1.96. The average molecular weight is 275 g/mol. The number of aryl methyl sites for hydroxylation is 2. The molecule has 0 aromatic heterocycles. The van der Waals surface area contributed by atoms with Crippen molar-refractivity contribution in [2.24, 2.45) is 0 Å². The SMILES string of the molecule is COc1ccc(C)cc1COc1cc(C)c(N)cc1F. The lowest BCUT2D eigenvalue weighted by Crippen LogP contribution is -2.02. The Morgan fingerprint density at radius 1 is 1.10 bits per heavy atom. The molecule has 0 aliphatic heterocycles. The van der Waals surface area contributed by atoms with E-state index < -0.39 is 5.82 Å². The van der Waals surface area contributed by atoms with Crippen LogP contribution in [0.2, 0.25) is 0 Å². The first kappa shape index (κ1) is 14.2. The number of halogens is 1. The Morgan fingerprint density at radius 3 is 2.55 bits per heavy atom. The molecule has 0 aliphatic carbocycles. The fourth-order valence-corrected chi connectivity index (χ4v) is 1.96. The second-order valence-corrected chi connectivity index (χ2v) is 4.74. The van der Waals surface area contributed by atoms with Crippen molar-refractivity contribution in [1.82, 2.24) is 0 Å². The normalized spacial score (nSPS) is 10.4. The van der Waals surface area contributed by atoms with E-state index in [2.05, 4.69) is 0 Å². The van der Waals surface area contributed by atoms with E-state index in [9.17, 15) is 4.39 Å². The van der Waals surface area contributed by atoms with Crippen molar-refractivity contribution in [3.8, 4) is 11.5 Å². The first-order valence-electron chi connectivity index (χ1n) is 6.33. The summed E-state index contributed by atoms with van der Waals surface area (Å²) in [5.74, 6) is 0.461. The second kappa shape index (κ2) is 5.82. The van der Waals surface area contributed by atoms with Gasteiger partial charge in [0, 0.05) is 17.3 Å². The molecule has 0 spiro atoms. The average Bonchev–Trinajstić information content (AvgIpc) is 2.41. The highest BCUT2D eigenvalue weighted by Gasteiger charge is 2.09. The molecule has 0 fully saturated rings. The predicted molar refractivity (Wildman–Crippen MR) is 77.6 cm³/mol. The van der Waals surface area contributed by atoms with E-state index in [1.807, 2.05) is 32.0 Å². The summed E-state index contributed by atoms with van der Waals surface area (Å²) in [7, 11) is 1.60. The van der Waals surface area contributed by atoms with Crippen LogP contribution in [0.5, 0.6) is 11.5 Å².